The van der Waals surface area contributed by atoms with Crippen LogP contribution in [0.2, 0.25) is 5.02 Å². The Balaban J connectivity index is 2.22. The summed E-state index contributed by atoms with van der Waals surface area (Å²) >= 11 is 5.99. The number of nitriles is 1. The Morgan fingerprint density at radius 2 is 1.87 bits per heavy atom. The molecule has 0 unspecified atom stereocenters. The predicted molar refractivity (Wildman–Crippen MR) is 87.5 cm³/mol. The maximum absolute atomic E-state index is 12.9. The lowest BCUT2D eigenvalue weighted by molar-refractivity contribution is 0.558. The Hall–Kier alpha value is -2.90. The summed E-state index contributed by atoms with van der Waals surface area (Å²) in [5.41, 5.74) is 0.695. The van der Waals surface area contributed by atoms with Crippen molar-refractivity contribution in [2.75, 3.05) is 0 Å². The zero-order valence-corrected chi connectivity index (χ0v) is 12.5. The van der Waals surface area contributed by atoms with Crippen molar-refractivity contribution in [1.82, 2.24) is 0 Å². The third-order valence-corrected chi connectivity index (χ3v) is 3.57. The zero-order chi connectivity index (χ0) is 16.4. The average Bonchev–Trinajstić information content (AvgIpc) is 2.54. The van der Waals surface area contributed by atoms with Gasteiger partial charge in [-0.2, -0.15) is 5.26 Å². The smallest absolute Gasteiger partial charge is 0.354 e. The first-order valence-corrected chi connectivity index (χ1v) is 7.06. The standard InChI is InChI=1S/C18H9ClFNO2/c19-12-4-8-17-15(9-12)14(16(10-21)18(22)23-17)7-3-11-1-5-13(20)6-2-11/h1-9H/b7-3+. The minimum atomic E-state index is -0.707. The molecule has 1 heterocycles. The Kier molecular flexibility index (Phi) is 3.96. The topological polar surface area (TPSA) is 54.0 Å². The maximum atomic E-state index is 12.9. The maximum Gasteiger partial charge on any atom is 0.354 e. The van der Waals surface area contributed by atoms with Crippen molar-refractivity contribution in [1.29, 1.82) is 5.26 Å². The quantitative estimate of drug-likeness (QED) is 0.646. The van der Waals surface area contributed by atoms with Crippen LogP contribution in [-0.2, 0) is 0 Å². The van der Waals surface area contributed by atoms with Gasteiger partial charge in [-0.1, -0.05) is 35.9 Å². The minimum absolute atomic E-state index is 0.0990. The van der Waals surface area contributed by atoms with Crippen LogP contribution >= 0.6 is 11.6 Å². The highest BCUT2D eigenvalue weighted by atomic mass is 35.5. The summed E-state index contributed by atoms with van der Waals surface area (Å²) in [7, 11) is 0. The van der Waals surface area contributed by atoms with Crippen LogP contribution in [0.5, 0.6) is 0 Å². The van der Waals surface area contributed by atoms with Crippen molar-refractivity contribution in [3.8, 4) is 6.07 Å². The molecule has 1 aromatic heterocycles. The number of hydrogen-bond acceptors (Lipinski definition) is 3. The number of nitrogens with zero attached hydrogens (tertiary/aromatic N) is 1. The molecule has 0 radical (unpaired) electrons. The van der Waals surface area contributed by atoms with Gasteiger partial charge in [-0.15, -0.1) is 0 Å². The van der Waals surface area contributed by atoms with E-state index in [-0.39, 0.29) is 11.4 Å². The largest absolute Gasteiger partial charge is 0.422 e. The van der Waals surface area contributed by atoms with E-state index in [1.807, 2.05) is 6.07 Å². The summed E-state index contributed by atoms with van der Waals surface area (Å²) in [5, 5.41) is 10.3. The third-order valence-electron chi connectivity index (χ3n) is 3.33. The first-order chi connectivity index (χ1) is 11.1. The van der Waals surface area contributed by atoms with E-state index in [9.17, 15) is 14.4 Å². The summed E-state index contributed by atoms with van der Waals surface area (Å²) < 4.78 is 18.1. The van der Waals surface area contributed by atoms with E-state index >= 15 is 0 Å². The molecule has 0 N–H and O–H groups in total. The number of benzene rings is 2. The second kappa shape index (κ2) is 6.07. The molecule has 0 spiro atoms. The van der Waals surface area contributed by atoms with Crippen LogP contribution in [0.1, 0.15) is 16.7 Å². The van der Waals surface area contributed by atoms with Gasteiger partial charge in [-0.05, 0) is 35.9 Å². The van der Waals surface area contributed by atoms with Crippen molar-refractivity contribution >= 4 is 34.7 Å². The highest BCUT2D eigenvalue weighted by molar-refractivity contribution is 6.31. The van der Waals surface area contributed by atoms with Crippen LogP contribution in [0.25, 0.3) is 23.1 Å². The highest BCUT2D eigenvalue weighted by Crippen LogP contribution is 2.25. The first kappa shape index (κ1) is 15.0. The minimum Gasteiger partial charge on any atom is -0.422 e. The van der Waals surface area contributed by atoms with Gasteiger partial charge in [0.25, 0.3) is 0 Å². The first-order valence-electron chi connectivity index (χ1n) is 6.68. The van der Waals surface area contributed by atoms with Crippen molar-refractivity contribution in [3.05, 3.63) is 80.4 Å². The molecule has 0 atom stereocenters. The fourth-order valence-corrected chi connectivity index (χ4v) is 2.40. The van der Waals surface area contributed by atoms with Crippen molar-refractivity contribution in [2.45, 2.75) is 0 Å². The Bertz CT molecular complexity index is 1010. The van der Waals surface area contributed by atoms with Crippen molar-refractivity contribution in [2.24, 2.45) is 0 Å². The fraction of sp³-hybridized carbons (Fsp3) is 0. The zero-order valence-electron chi connectivity index (χ0n) is 11.7. The van der Waals surface area contributed by atoms with E-state index in [0.29, 0.717) is 21.6 Å². The SMILES string of the molecule is N#Cc1c(/C=C/c2ccc(F)cc2)c2cc(Cl)ccc2oc1=O. The van der Waals surface area contributed by atoms with Crippen molar-refractivity contribution in [3.63, 3.8) is 0 Å². The van der Waals surface area contributed by atoms with E-state index in [4.69, 9.17) is 16.0 Å². The van der Waals surface area contributed by atoms with Crippen LogP contribution < -0.4 is 5.63 Å². The Labute approximate surface area is 135 Å². The lowest BCUT2D eigenvalue weighted by Crippen LogP contribution is -2.06. The van der Waals surface area contributed by atoms with Crippen LogP contribution in [0.3, 0.4) is 0 Å². The average molecular weight is 326 g/mol. The molecular weight excluding hydrogens is 317 g/mol. The second-order valence-electron chi connectivity index (χ2n) is 4.82. The van der Waals surface area contributed by atoms with Gasteiger partial charge in [0.05, 0.1) is 0 Å². The summed E-state index contributed by atoms with van der Waals surface area (Å²) in [6.45, 7) is 0. The normalized spacial score (nSPS) is 11.0. The van der Waals surface area contributed by atoms with Gasteiger partial charge in [0.2, 0.25) is 0 Å². The van der Waals surface area contributed by atoms with E-state index in [0.717, 1.165) is 5.56 Å². The summed E-state index contributed by atoms with van der Waals surface area (Å²) in [5.74, 6) is -0.336. The highest BCUT2D eigenvalue weighted by Gasteiger charge is 2.12. The molecule has 0 saturated carbocycles. The van der Waals surface area contributed by atoms with Gasteiger partial charge >= 0.3 is 5.63 Å². The summed E-state index contributed by atoms with van der Waals surface area (Å²) in [4.78, 5) is 11.9. The summed E-state index contributed by atoms with van der Waals surface area (Å²) in [6, 6.07) is 12.5. The van der Waals surface area contributed by atoms with Gasteiger partial charge in [0.15, 0.2) is 0 Å². The molecule has 0 bridgehead atoms. The monoisotopic (exact) mass is 325 g/mol. The van der Waals surface area contributed by atoms with E-state index in [1.165, 1.54) is 12.1 Å². The molecule has 2 aromatic carbocycles. The molecule has 3 rings (SSSR count). The van der Waals surface area contributed by atoms with Crippen LogP contribution in [0.4, 0.5) is 4.39 Å². The molecule has 0 aliphatic rings. The fourth-order valence-electron chi connectivity index (χ4n) is 2.23. The van der Waals surface area contributed by atoms with Gasteiger partial charge < -0.3 is 4.42 Å². The molecule has 0 aliphatic carbocycles. The number of rotatable bonds is 2. The predicted octanol–water partition coefficient (Wildman–Crippen LogP) is 4.63. The van der Waals surface area contributed by atoms with Gasteiger partial charge in [-0.3, -0.25) is 0 Å². The van der Waals surface area contributed by atoms with Gasteiger partial charge in [0, 0.05) is 16.0 Å². The second-order valence-corrected chi connectivity index (χ2v) is 5.25. The summed E-state index contributed by atoms with van der Waals surface area (Å²) in [6.07, 6.45) is 3.32. The third kappa shape index (κ3) is 3.01. The lowest BCUT2D eigenvalue weighted by Gasteiger charge is -2.04. The van der Waals surface area contributed by atoms with Crippen molar-refractivity contribution < 1.29 is 8.81 Å². The van der Waals surface area contributed by atoms with Gasteiger partial charge in [0.1, 0.15) is 23.0 Å². The van der Waals surface area contributed by atoms with E-state index in [1.54, 1.807) is 42.5 Å². The Morgan fingerprint density at radius 1 is 1.13 bits per heavy atom. The number of fused-ring (bicyclic) bond motifs is 1. The van der Waals surface area contributed by atoms with Crippen LogP contribution in [0.15, 0.2) is 51.7 Å². The van der Waals surface area contributed by atoms with Crippen LogP contribution in [0, 0.1) is 17.1 Å². The van der Waals surface area contributed by atoms with Gasteiger partial charge in [-0.25, -0.2) is 9.18 Å². The number of halogens is 2. The molecule has 0 fully saturated rings. The lowest BCUT2D eigenvalue weighted by atomic mass is 10.0. The molecule has 3 nitrogen and oxygen atoms in total. The molecular formula is C18H9ClFNO2. The van der Waals surface area contributed by atoms with Crippen LogP contribution in [-0.4, -0.2) is 0 Å². The molecule has 0 saturated heterocycles. The molecule has 0 aliphatic heterocycles. The molecule has 23 heavy (non-hydrogen) atoms. The molecule has 5 heteroatoms. The molecule has 3 aromatic rings. The van der Waals surface area contributed by atoms with E-state index in [2.05, 4.69) is 0 Å². The van der Waals surface area contributed by atoms with E-state index < -0.39 is 5.63 Å². The molecule has 0 amide bonds. The molecule has 112 valence electrons. The number of hydrogen-bond donors (Lipinski definition) is 0. The Morgan fingerprint density at radius 3 is 2.57 bits per heavy atom.